The molecule has 1 aromatic heterocycles. The van der Waals surface area contributed by atoms with E-state index in [1.807, 2.05) is 12.1 Å². The molecule has 2 atom stereocenters. The van der Waals surface area contributed by atoms with Crippen molar-refractivity contribution in [2.24, 2.45) is 0 Å². The van der Waals surface area contributed by atoms with Gasteiger partial charge in [-0.25, -0.2) is 9.97 Å². The molecule has 1 aromatic carbocycles. The van der Waals surface area contributed by atoms with Crippen molar-refractivity contribution in [1.82, 2.24) is 14.9 Å². The number of rotatable bonds is 3. The van der Waals surface area contributed by atoms with Crippen molar-refractivity contribution in [2.45, 2.75) is 32.5 Å². The van der Waals surface area contributed by atoms with Gasteiger partial charge in [-0.1, -0.05) is 6.07 Å². The lowest BCUT2D eigenvalue weighted by molar-refractivity contribution is 0.122. The van der Waals surface area contributed by atoms with Crippen LogP contribution in [0.2, 0.25) is 0 Å². The number of ether oxygens (including phenoxy) is 2. The quantitative estimate of drug-likeness (QED) is 0.791. The van der Waals surface area contributed by atoms with Crippen molar-refractivity contribution >= 4 is 30.8 Å². The van der Waals surface area contributed by atoms with Crippen LogP contribution in [0.3, 0.4) is 0 Å². The second kappa shape index (κ2) is 8.75. The topological polar surface area (TPSA) is 50.7 Å². The second-order valence-corrected chi connectivity index (χ2v) is 6.51. The van der Waals surface area contributed by atoms with Crippen LogP contribution >= 0.6 is 24.8 Å². The first-order chi connectivity index (χ1) is 11.7. The molecule has 0 unspecified atom stereocenters. The van der Waals surface area contributed by atoms with Crippen LogP contribution in [0.25, 0.3) is 0 Å². The van der Waals surface area contributed by atoms with E-state index in [0.29, 0.717) is 18.9 Å². The van der Waals surface area contributed by atoms with Crippen LogP contribution in [0.15, 0.2) is 36.7 Å². The summed E-state index contributed by atoms with van der Waals surface area (Å²) in [5, 5.41) is 0. The summed E-state index contributed by atoms with van der Waals surface area (Å²) in [6.07, 6.45) is 3.60. The first-order valence-corrected chi connectivity index (χ1v) is 8.37. The Morgan fingerprint density at radius 3 is 2.35 bits per heavy atom. The predicted octanol–water partition coefficient (Wildman–Crippen LogP) is 3.15. The molecule has 142 valence electrons. The Kier molecular flexibility index (Phi) is 6.92. The largest absolute Gasteiger partial charge is 0.454 e. The summed E-state index contributed by atoms with van der Waals surface area (Å²) < 4.78 is 10.9. The number of halogens is 2. The Labute approximate surface area is 166 Å². The van der Waals surface area contributed by atoms with E-state index < -0.39 is 0 Å². The van der Waals surface area contributed by atoms with Crippen LogP contribution in [-0.2, 0) is 6.54 Å². The first-order valence-electron chi connectivity index (χ1n) is 8.37. The maximum atomic E-state index is 5.49. The summed E-state index contributed by atoms with van der Waals surface area (Å²) >= 11 is 0. The van der Waals surface area contributed by atoms with Crippen molar-refractivity contribution < 1.29 is 9.47 Å². The number of hydrogen-bond donors (Lipinski definition) is 0. The molecule has 6 nitrogen and oxygen atoms in total. The molecule has 0 bridgehead atoms. The van der Waals surface area contributed by atoms with Gasteiger partial charge in [0, 0.05) is 44.1 Å². The molecule has 2 aliphatic heterocycles. The Morgan fingerprint density at radius 2 is 1.65 bits per heavy atom. The molecule has 0 saturated carbocycles. The summed E-state index contributed by atoms with van der Waals surface area (Å²) in [5.74, 6) is 2.51. The monoisotopic (exact) mass is 398 g/mol. The minimum absolute atomic E-state index is 0. The third-order valence-corrected chi connectivity index (χ3v) is 4.74. The average Bonchev–Trinajstić information content (AvgIpc) is 3.06. The molecular weight excluding hydrogens is 375 g/mol. The highest BCUT2D eigenvalue weighted by atomic mass is 35.5. The fourth-order valence-corrected chi connectivity index (χ4v) is 3.54. The van der Waals surface area contributed by atoms with Crippen LogP contribution in [0.4, 0.5) is 5.95 Å². The lowest BCUT2D eigenvalue weighted by atomic mass is 10.1. The van der Waals surface area contributed by atoms with Gasteiger partial charge >= 0.3 is 0 Å². The number of fused-ring (bicyclic) bond motifs is 1. The minimum Gasteiger partial charge on any atom is -0.454 e. The zero-order chi connectivity index (χ0) is 16.5. The summed E-state index contributed by atoms with van der Waals surface area (Å²) in [7, 11) is 0. The highest BCUT2D eigenvalue weighted by Crippen LogP contribution is 2.33. The van der Waals surface area contributed by atoms with Gasteiger partial charge in [0.15, 0.2) is 11.5 Å². The first kappa shape index (κ1) is 20.6. The minimum atomic E-state index is 0. The number of piperazine rings is 1. The molecule has 2 aromatic rings. The van der Waals surface area contributed by atoms with Crippen molar-refractivity contribution in [2.75, 3.05) is 24.8 Å². The highest BCUT2D eigenvalue weighted by Gasteiger charge is 2.30. The number of benzene rings is 1. The zero-order valence-electron chi connectivity index (χ0n) is 14.9. The summed E-state index contributed by atoms with van der Waals surface area (Å²) in [4.78, 5) is 13.6. The van der Waals surface area contributed by atoms with Gasteiger partial charge in [0.25, 0.3) is 0 Å². The molecule has 3 heterocycles. The Hall–Kier alpha value is -1.76. The van der Waals surface area contributed by atoms with Crippen LogP contribution < -0.4 is 14.4 Å². The van der Waals surface area contributed by atoms with E-state index in [9.17, 15) is 0 Å². The summed E-state index contributed by atoms with van der Waals surface area (Å²) in [6, 6.07) is 8.91. The normalized spacial score (nSPS) is 21.7. The highest BCUT2D eigenvalue weighted by molar-refractivity contribution is 5.85. The number of hydrogen-bond acceptors (Lipinski definition) is 6. The van der Waals surface area contributed by atoms with Crippen molar-refractivity contribution in [3.8, 4) is 11.5 Å². The maximum Gasteiger partial charge on any atom is 0.231 e. The van der Waals surface area contributed by atoms with E-state index >= 15 is 0 Å². The average molecular weight is 399 g/mol. The third-order valence-electron chi connectivity index (χ3n) is 4.74. The van der Waals surface area contributed by atoms with E-state index in [-0.39, 0.29) is 24.8 Å². The van der Waals surface area contributed by atoms with E-state index in [1.165, 1.54) is 5.56 Å². The number of aromatic nitrogens is 2. The van der Waals surface area contributed by atoms with Crippen LogP contribution in [-0.4, -0.2) is 46.8 Å². The van der Waals surface area contributed by atoms with E-state index in [1.54, 1.807) is 12.4 Å². The lowest BCUT2D eigenvalue weighted by Crippen LogP contribution is -2.56. The van der Waals surface area contributed by atoms with Crippen molar-refractivity contribution in [3.63, 3.8) is 0 Å². The van der Waals surface area contributed by atoms with Gasteiger partial charge in [-0.15, -0.1) is 24.8 Å². The van der Waals surface area contributed by atoms with E-state index in [2.05, 4.69) is 45.7 Å². The fourth-order valence-electron chi connectivity index (χ4n) is 3.54. The molecule has 0 amide bonds. The smallest absolute Gasteiger partial charge is 0.231 e. The Bertz CT molecular complexity index is 708. The standard InChI is InChI=1S/C18H22N4O2.2ClH/c1-13-9-21(18-19-6-3-7-20-18)10-14(2)22(13)11-15-4-5-16-17(8-15)24-12-23-16;;/h3-8,13-14H,9-12H2,1-2H3;2*1H/t13-,14+;;. The molecule has 26 heavy (non-hydrogen) atoms. The molecule has 8 heteroatoms. The van der Waals surface area contributed by atoms with Crippen molar-refractivity contribution in [3.05, 3.63) is 42.2 Å². The summed E-state index contributed by atoms with van der Waals surface area (Å²) in [6.45, 7) is 7.61. The van der Waals surface area contributed by atoms with E-state index in [4.69, 9.17) is 9.47 Å². The SMILES string of the molecule is C[C@@H]1CN(c2ncccn2)C[C@H](C)N1Cc1ccc2c(c1)OCO2.Cl.Cl. The zero-order valence-corrected chi connectivity index (χ0v) is 16.5. The summed E-state index contributed by atoms with van der Waals surface area (Å²) in [5.41, 5.74) is 1.25. The molecule has 1 saturated heterocycles. The van der Waals surface area contributed by atoms with Gasteiger partial charge in [0.2, 0.25) is 12.7 Å². The maximum absolute atomic E-state index is 5.49. The van der Waals surface area contributed by atoms with Crippen LogP contribution in [0.1, 0.15) is 19.4 Å². The number of anilines is 1. The molecule has 4 rings (SSSR count). The van der Waals surface area contributed by atoms with E-state index in [0.717, 1.165) is 37.1 Å². The number of nitrogens with zero attached hydrogens (tertiary/aromatic N) is 4. The van der Waals surface area contributed by atoms with Gasteiger partial charge in [0.1, 0.15) is 0 Å². The molecule has 0 spiro atoms. The lowest BCUT2D eigenvalue weighted by Gasteiger charge is -2.44. The molecular formula is C18H24Cl2N4O2. The molecule has 1 fully saturated rings. The predicted molar refractivity (Wildman–Crippen MR) is 106 cm³/mol. The van der Waals surface area contributed by atoms with Gasteiger partial charge in [-0.3, -0.25) is 4.90 Å². The second-order valence-electron chi connectivity index (χ2n) is 6.51. The van der Waals surface area contributed by atoms with Crippen LogP contribution in [0.5, 0.6) is 11.5 Å². The molecule has 0 aliphatic carbocycles. The van der Waals surface area contributed by atoms with Gasteiger partial charge < -0.3 is 14.4 Å². The van der Waals surface area contributed by atoms with Gasteiger partial charge in [0.05, 0.1) is 0 Å². The third kappa shape index (κ3) is 4.14. The van der Waals surface area contributed by atoms with Gasteiger partial charge in [-0.2, -0.15) is 0 Å². The van der Waals surface area contributed by atoms with Crippen molar-refractivity contribution in [1.29, 1.82) is 0 Å². The molecule has 2 aliphatic rings. The molecule has 0 radical (unpaired) electrons. The van der Waals surface area contributed by atoms with Crippen LogP contribution in [0, 0.1) is 0 Å². The fraction of sp³-hybridized carbons (Fsp3) is 0.444. The Balaban J connectivity index is 0.00000121. The molecule has 0 N–H and O–H groups in total. The Morgan fingerprint density at radius 1 is 1.00 bits per heavy atom. The van der Waals surface area contributed by atoms with Gasteiger partial charge in [-0.05, 0) is 37.6 Å².